The smallest absolute Gasteiger partial charge is 0.147 e. The lowest BCUT2D eigenvalue weighted by Crippen LogP contribution is -2.50. The fourth-order valence-electron chi connectivity index (χ4n) is 3.98. The van der Waals surface area contributed by atoms with Gasteiger partial charge in [0.15, 0.2) is 0 Å². The molecule has 1 unspecified atom stereocenters. The molecule has 0 bridgehead atoms. The van der Waals surface area contributed by atoms with E-state index in [1.165, 1.54) is 18.4 Å². The van der Waals surface area contributed by atoms with Crippen LogP contribution in [0, 0.1) is 5.41 Å². The summed E-state index contributed by atoms with van der Waals surface area (Å²) in [4.78, 5) is 13.6. The predicted octanol–water partition coefficient (Wildman–Crippen LogP) is 2.19. The van der Waals surface area contributed by atoms with E-state index in [0.717, 1.165) is 51.8 Å². The van der Waals surface area contributed by atoms with E-state index in [-0.39, 0.29) is 5.41 Å². The lowest BCUT2D eigenvalue weighted by molar-refractivity contribution is 0.0106. The van der Waals surface area contributed by atoms with Crippen molar-refractivity contribution in [2.75, 3.05) is 44.3 Å². The van der Waals surface area contributed by atoms with Crippen LogP contribution < -0.4 is 4.90 Å². The number of anilines is 1. The Bertz CT molecular complexity index is 634. The highest BCUT2D eigenvalue weighted by Gasteiger charge is 2.39. The summed E-state index contributed by atoms with van der Waals surface area (Å²) in [5, 5.41) is 0. The Hall–Kier alpha value is -1.92. The lowest BCUT2D eigenvalue weighted by atomic mass is 9.80. The molecule has 0 aliphatic carbocycles. The van der Waals surface area contributed by atoms with Crippen molar-refractivity contribution in [1.29, 1.82) is 0 Å². The molecule has 0 N–H and O–H groups in total. The first-order valence-corrected chi connectivity index (χ1v) is 8.65. The molecule has 2 aliphatic rings. The Balaban J connectivity index is 1.49. The molecule has 1 atom stereocenters. The zero-order chi connectivity index (χ0) is 16.2. The molecule has 2 aromatic heterocycles. The topological polar surface area (TPSA) is 54.6 Å². The van der Waals surface area contributed by atoms with Gasteiger partial charge in [0.2, 0.25) is 0 Å². The minimum absolute atomic E-state index is 0.163. The van der Waals surface area contributed by atoms with E-state index in [1.54, 1.807) is 18.7 Å². The van der Waals surface area contributed by atoms with Gasteiger partial charge in [-0.1, -0.05) is 0 Å². The van der Waals surface area contributed by atoms with Crippen molar-refractivity contribution in [3.8, 4) is 0 Å². The molecule has 24 heavy (non-hydrogen) atoms. The van der Waals surface area contributed by atoms with Gasteiger partial charge in [0, 0.05) is 49.6 Å². The average Bonchev–Trinajstić information content (AvgIpc) is 3.03. The van der Waals surface area contributed by atoms with Gasteiger partial charge in [-0.15, -0.1) is 0 Å². The van der Waals surface area contributed by atoms with Gasteiger partial charge in [0.05, 0.1) is 31.9 Å². The highest BCUT2D eigenvalue weighted by atomic mass is 16.5. The van der Waals surface area contributed by atoms with E-state index in [1.807, 2.05) is 12.5 Å². The second-order valence-corrected chi connectivity index (χ2v) is 6.98. The summed E-state index contributed by atoms with van der Waals surface area (Å²) in [5.41, 5.74) is 1.41. The van der Waals surface area contributed by atoms with E-state index >= 15 is 0 Å². The third-order valence-electron chi connectivity index (χ3n) is 5.04. The molecule has 2 aromatic rings. The molecule has 4 rings (SSSR count). The van der Waals surface area contributed by atoms with Gasteiger partial charge in [-0.2, -0.15) is 0 Å². The number of nitrogens with zero attached hydrogens (tertiary/aromatic N) is 4. The van der Waals surface area contributed by atoms with E-state index in [4.69, 9.17) is 9.15 Å². The second-order valence-electron chi connectivity index (χ2n) is 6.98. The number of likely N-dealkylation sites (tertiary alicyclic amines) is 1. The van der Waals surface area contributed by atoms with Crippen LogP contribution in [0.25, 0.3) is 0 Å². The Labute approximate surface area is 142 Å². The van der Waals surface area contributed by atoms with Crippen LogP contribution in [0.5, 0.6) is 0 Å². The summed E-state index contributed by atoms with van der Waals surface area (Å²) < 4.78 is 11.2. The van der Waals surface area contributed by atoms with Gasteiger partial charge in [-0.05, 0) is 25.5 Å². The number of ether oxygens (including phenoxy) is 1. The van der Waals surface area contributed by atoms with Crippen molar-refractivity contribution in [1.82, 2.24) is 14.9 Å². The first-order valence-electron chi connectivity index (χ1n) is 8.65. The first kappa shape index (κ1) is 15.6. The zero-order valence-corrected chi connectivity index (χ0v) is 13.9. The molecule has 0 radical (unpaired) electrons. The number of piperidine rings is 1. The van der Waals surface area contributed by atoms with Crippen molar-refractivity contribution in [3.63, 3.8) is 0 Å². The second kappa shape index (κ2) is 6.91. The Morgan fingerprint density at radius 3 is 3.04 bits per heavy atom. The van der Waals surface area contributed by atoms with Gasteiger partial charge in [0.1, 0.15) is 5.82 Å². The largest absolute Gasteiger partial charge is 0.472 e. The zero-order valence-electron chi connectivity index (χ0n) is 13.9. The van der Waals surface area contributed by atoms with Gasteiger partial charge in [-0.25, -0.2) is 4.98 Å². The summed E-state index contributed by atoms with van der Waals surface area (Å²) >= 11 is 0. The molecule has 0 saturated carbocycles. The van der Waals surface area contributed by atoms with Crippen molar-refractivity contribution in [2.45, 2.75) is 19.4 Å². The van der Waals surface area contributed by atoms with E-state index in [9.17, 15) is 0 Å². The van der Waals surface area contributed by atoms with E-state index in [0.29, 0.717) is 0 Å². The van der Waals surface area contributed by atoms with E-state index < -0.39 is 0 Å². The fraction of sp³-hybridized carbons (Fsp3) is 0.556. The molecule has 2 fully saturated rings. The number of furan rings is 1. The molecular formula is C18H24N4O2. The van der Waals surface area contributed by atoms with Crippen LogP contribution in [-0.2, 0) is 11.3 Å². The van der Waals surface area contributed by atoms with Crippen LogP contribution in [0.3, 0.4) is 0 Å². The van der Waals surface area contributed by atoms with Gasteiger partial charge < -0.3 is 14.1 Å². The molecule has 0 amide bonds. The first-order chi connectivity index (χ1) is 11.8. The SMILES string of the molecule is c1cnc(N2CCOCC3(CCCN(Cc4ccoc4)C3)C2)cn1. The molecule has 128 valence electrons. The van der Waals surface area contributed by atoms with Gasteiger partial charge in [0.25, 0.3) is 0 Å². The van der Waals surface area contributed by atoms with Crippen LogP contribution >= 0.6 is 0 Å². The van der Waals surface area contributed by atoms with Crippen LogP contribution in [0.1, 0.15) is 18.4 Å². The maximum absolute atomic E-state index is 5.99. The summed E-state index contributed by atoms with van der Waals surface area (Å²) in [6.45, 7) is 6.57. The van der Waals surface area contributed by atoms with Crippen molar-refractivity contribution in [3.05, 3.63) is 42.7 Å². The maximum Gasteiger partial charge on any atom is 0.147 e. The quantitative estimate of drug-likeness (QED) is 0.861. The molecule has 6 nitrogen and oxygen atoms in total. The normalized spacial score (nSPS) is 25.8. The molecule has 0 aromatic carbocycles. The molecule has 1 spiro atoms. The number of hydrogen-bond acceptors (Lipinski definition) is 6. The molecule has 4 heterocycles. The predicted molar refractivity (Wildman–Crippen MR) is 90.7 cm³/mol. The molecule has 2 saturated heterocycles. The van der Waals surface area contributed by atoms with Gasteiger partial charge in [-0.3, -0.25) is 9.88 Å². The van der Waals surface area contributed by atoms with Crippen LogP contribution in [-0.4, -0.2) is 54.3 Å². The Morgan fingerprint density at radius 2 is 2.21 bits per heavy atom. The molecule has 2 aliphatic heterocycles. The third-order valence-corrected chi connectivity index (χ3v) is 5.04. The van der Waals surface area contributed by atoms with Crippen molar-refractivity contribution in [2.24, 2.45) is 5.41 Å². The Kier molecular flexibility index (Phi) is 4.49. The summed E-state index contributed by atoms with van der Waals surface area (Å²) in [7, 11) is 0. The highest BCUT2D eigenvalue weighted by molar-refractivity contribution is 5.36. The van der Waals surface area contributed by atoms with E-state index in [2.05, 4.69) is 25.8 Å². The fourth-order valence-corrected chi connectivity index (χ4v) is 3.98. The lowest BCUT2D eigenvalue weighted by Gasteiger charge is -2.43. The van der Waals surface area contributed by atoms with Crippen LogP contribution in [0.2, 0.25) is 0 Å². The van der Waals surface area contributed by atoms with Gasteiger partial charge >= 0.3 is 0 Å². The van der Waals surface area contributed by atoms with Crippen LogP contribution in [0.15, 0.2) is 41.6 Å². The minimum atomic E-state index is 0.163. The number of aromatic nitrogens is 2. The Morgan fingerprint density at radius 1 is 1.21 bits per heavy atom. The number of hydrogen-bond donors (Lipinski definition) is 0. The highest BCUT2D eigenvalue weighted by Crippen LogP contribution is 2.34. The molecule has 6 heteroatoms. The average molecular weight is 328 g/mol. The monoisotopic (exact) mass is 328 g/mol. The van der Waals surface area contributed by atoms with Crippen molar-refractivity contribution < 1.29 is 9.15 Å². The van der Waals surface area contributed by atoms with Crippen LogP contribution in [0.4, 0.5) is 5.82 Å². The summed E-state index contributed by atoms with van der Waals surface area (Å²) in [6.07, 6.45) is 11.3. The third kappa shape index (κ3) is 3.44. The molecular weight excluding hydrogens is 304 g/mol. The minimum Gasteiger partial charge on any atom is -0.472 e. The standard InChI is InChI=1S/C18H24N4O2/c1-3-18(13-21(6-1)11-16-2-8-23-12-16)14-22(7-9-24-15-18)17-10-19-4-5-20-17/h2,4-5,8,10,12H,1,3,6-7,9,11,13-15H2. The van der Waals surface area contributed by atoms with Crippen molar-refractivity contribution >= 4 is 5.82 Å². The number of rotatable bonds is 3. The maximum atomic E-state index is 5.99. The summed E-state index contributed by atoms with van der Waals surface area (Å²) in [6, 6.07) is 2.05. The summed E-state index contributed by atoms with van der Waals surface area (Å²) in [5.74, 6) is 0.953.